The van der Waals surface area contributed by atoms with Crippen LogP contribution in [0.3, 0.4) is 0 Å². The fourth-order valence-corrected chi connectivity index (χ4v) is 9.51. The Hall–Kier alpha value is -6.43. The third-order valence-corrected chi connectivity index (χ3v) is 12.2. The average Bonchev–Trinajstić information content (AvgIpc) is 3.85. The normalized spacial score (nSPS) is 13.2. The lowest BCUT2D eigenvalue weighted by Crippen LogP contribution is -2.14. The first kappa shape index (κ1) is 30.2. The van der Waals surface area contributed by atoms with Crippen molar-refractivity contribution in [2.24, 2.45) is 0 Å². The third kappa shape index (κ3) is 4.64. The molecule has 0 atom stereocenters. The summed E-state index contributed by atoms with van der Waals surface area (Å²) in [6.07, 6.45) is 0. The number of benzene rings is 7. The fraction of sp³-hybridized carbons (Fsp3) is 0.0625. The minimum atomic E-state index is -0.0708. The van der Waals surface area contributed by atoms with Gasteiger partial charge < -0.3 is 4.42 Å². The molecule has 0 radical (unpaired) electrons. The van der Waals surface area contributed by atoms with E-state index in [1.807, 2.05) is 41.7 Å². The molecule has 0 spiro atoms. The number of nitrogens with zero attached hydrogens (tertiary/aromatic N) is 3. The van der Waals surface area contributed by atoms with Crippen LogP contribution < -0.4 is 0 Å². The number of furan rings is 1. The lowest BCUT2D eigenvalue weighted by molar-refractivity contribution is 0.660. The Labute approximate surface area is 310 Å². The molecule has 0 amide bonds. The summed E-state index contributed by atoms with van der Waals surface area (Å²) >= 11 is 1.85. The van der Waals surface area contributed by atoms with Crippen LogP contribution in [0, 0.1) is 0 Å². The Morgan fingerprint density at radius 3 is 1.83 bits per heavy atom. The Balaban J connectivity index is 1.03. The summed E-state index contributed by atoms with van der Waals surface area (Å²) in [4.78, 5) is 15.2. The van der Waals surface area contributed by atoms with E-state index in [-0.39, 0.29) is 5.41 Å². The lowest BCUT2D eigenvalue weighted by Gasteiger charge is -2.21. The number of hydrogen-bond acceptors (Lipinski definition) is 5. The van der Waals surface area contributed by atoms with Gasteiger partial charge in [0.05, 0.1) is 0 Å². The highest BCUT2D eigenvalue weighted by Crippen LogP contribution is 2.49. The molecular formula is C48H31N3OS. The molecule has 250 valence electrons. The first-order chi connectivity index (χ1) is 26.0. The summed E-state index contributed by atoms with van der Waals surface area (Å²) in [6, 6.07) is 53.6. The van der Waals surface area contributed by atoms with E-state index in [9.17, 15) is 0 Å². The molecule has 3 heterocycles. The van der Waals surface area contributed by atoms with Crippen molar-refractivity contribution in [3.8, 4) is 56.4 Å². The molecule has 0 aliphatic heterocycles. The first-order valence-electron chi connectivity index (χ1n) is 17.9. The molecule has 53 heavy (non-hydrogen) atoms. The first-order valence-corrected chi connectivity index (χ1v) is 18.7. The van der Waals surface area contributed by atoms with Crippen LogP contribution >= 0.6 is 11.3 Å². The molecule has 0 fully saturated rings. The molecule has 10 aromatic rings. The van der Waals surface area contributed by atoms with E-state index in [1.165, 1.54) is 48.0 Å². The van der Waals surface area contributed by atoms with Gasteiger partial charge in [0.2, 0.25) is 0 Å². The molecule has 1 aliphatic carbocycles. The Morgan fingerprint density at radius 2 is 1.02 bits per heavy atom. The summed E-state index contributed by atoms with van der Waals surface area (Å²) in [6.45, 7) is 4.60. The van der Waals surface area contributed by atoms with Crippen molar-refractivity contribution in [2.75, 3.05) is 0 Å². The molecule has 3 aromatic heterocycles. The zero-order valence-corrected chi connectivity index (χ0v) is 29.9. The van der Waals surface area contributed by atoms with Crippen LogP contribution in [0.15, 0.2) is 156 Å². The van der Waals surface area contributed by atoms with Gasteiger partial charge in [-0.05, 0) is 69.8 Å². The number of rotatable bonds is 4. The second kappa shape index (κ2) is 11.3. The molecule has 5 heteroatoms. The minimum absolute atomic E-state index is 0.0708. The van der Waals surface area contributed by atoms with Crippen LogP contribution in [-0.4, -0.2) is 15.0 Å². The molecule has 4 nitrogen and oxygen atoms in total. The largest absolute Gasteiger partial charge is 0.456 e. The maximum Gasteiger partial charge on any atom is 0.164 e. The van der Waals surface area contributed by atoms with Gasteiger partial charge >= 0.3 is 0 Å². The van der Waals surface area contributed by atoms with Gasteiger partial charge in [0.25, 0.3) is 0 Å². The summed E-state index contributed by atoms with van der Waals surface area (Å²) in [7, 11) is 0. The maximum atomic E-state index is 6.61. The van der Waals surface area contributed by atoms with E-state index < -0.39 is 0 Å². The van der Waals surface area contributed by atoms with Crippen molar-refractivity contribution >= 4 is 53.4 Å². The van der Waals surface area contributed by atoms with Crippen molar-refractivity contribution in [3.63, 3.8) is 0 Å². The summed E-state index contributed by atoms with van der Waals surface area (Å²) < 4.78 is 9.21. The molecule has 7 aromatic carbocycles. The molecule has 1 aliphatic rings. The van der Waals surface area contributed by atoms with Crippen molar-refractivity contribution in [2.45, 2.75) is 19.3 Å². The van der Waals surface area contributed by atoms with E-state index in [0.29, 0.717) is 17.5 Å². The molecule has 0 N–H and O–H groups in total. The topological polar surface area (TPSA) is 51.8 Å². The van der Waals surface area contributed by atoms with Crippen LogP contribution in [-0.2, 0) is 5.41 Å². The minimum Gasteiger partial charge on any atom is -0.456 e. The van der Waals surface area contributed by atoms with Crippen LogP contribution in [0.4, 0.5) is 0 Å². The summed E-state index contributed by atoms with van der Waals surface area (Å²) in [5.41, 5.74) is 11.9. The third-order valence-electron chi connectivity index (χ3n) is 11.0. The highest BCUT2D eigenvalue weighted by Gasteiger charge is 2.35. The SMILES string of the molecule is CC1(C)c2ccccc2-c2cc(-c3nc(-c4ccccc4)nc(-c4ccc5c(c4)oc4cc(-c6cccc7c6sc6ccccc67)ccc45)n3)ccc21. The van der Waals surface area contributed by atoms with Crippen LogP contribution in [0.25, 0.3) is 98.5 Å². The van der Waals surface area contributed by atoms with Gasteiger partial charge in [-0.25, -0.2) is 15.0 Å². The van der Waals surface area contributed by atoms with Crippen molar-refractivity contribution in [1.29, 1.82) is 0 Å². The monoisotopic (exact) mass is 697 g/mol. The lowest BCUT2D eigenvalue weighted by atomic mass is 9.82. The predicted molar refractivity (Wildman–Crippen MR) is 219 cm³/mol. The van der Waals surface area contributed by atoms with Gasteiger partial charge in [-0.1, -0.05) is 129 Å². The second-order valence-electron chi connectivity index (χ2n) is 14.4. The summed E-state index contributed by atoms with van der Waals surface area (Å²) in [5, 5.41) is 4.74. The van der Waals surface area contributed by atoms with E-state index in [4.69, 9.17) is 19.4 Å². The zero-order chi connectivity index (χ0) is 35.3. The van der Waals surface area contributed by atoms with Crippen molar-refractivity contribution in [3.05, 3.63) is 163 Å². The van der Waals surface area contributed by atoms with E-state index in [2.05, 4.69) is 135 Å². The predicted octanol–water partition coefficient (Wildman–Crippen LogP) is 13.1. The van der Waals surface area contributed by atoms with Crippen molar-refractivity contribution < 1.29 is 4.42 Å². The number of thiophene rings is 1. The van der Waals surface area contributed by atoms with Gasteiger partial charge in [-0.15, -0.1) is 11.3 Å². The highest BCUT2D eigenvalue weighted by molar-refractivity contribution is 7.26. The molecular weight excluding hydrogens is 667 g/mol. The van der Waals surface area contributed by atoms with Crippen LogP contribution in [0.5, 0.6) is 0 Å². The Bertz CT molecular complexity index is 3100. The van der Waals surface area contributed by atoms with Crippen LogP contribution in [0.2, 0.25) is 0 Å². The maximum absolute atomic E-state index is 6.61. The molecule has 0 unspecified atom stereocenters. The standard InChI is InChI=1S/C48H31N3OS/c1-48(2)39-17-8-6-13-33(39)38-25-30(21-24-40(38)48)46-49-45(28-11-4-3-5-12-28)50-47(51-46)31-20-23-35-34-22-19-29(26-41(34)52-42(35)27-31)32-15-10-16-37-36-14-7-9-18-43(36)53-44(32)37/h3-27H,1-2H3. The van der Waals surface area contributed by atoms with Crippen molar-refractivity contribution in [1.82, 2.24) is 15.0 Å². The molecule has 0 bridgehead atoms. The average molecular weight is 698 g/mol. The highest BCUT2D eigenvalue weighted by atomic mass is 32.1. The van der Waals surface area contributed by atoms with E-state index >= 15 is 0 Å². The Kier molecular flexibility index (Phi) is 6.43. The quantitative estimate of drug-likeness (QED) is 0.184. The second-order valence-corrected chi connectivity index (χ2v) is 15.5. The Morgan fingerprint density at radius 1 is 0.434 bits per heavy atom. The van der Waals surface area contributed by atoms with Gasteiger partial charge in [-0.2, -0.15) is 0 Å². The summed E-state index contributed by atoms with van der Waals surface area (Å²) in [5.74, 6) is 1.88. The number of hydrogen-bond donors (Lipinski definition) is 0. The van der Waals surface area contributed by atoms with Crippen LogP contribution in [0.1, 0.15) is 25.0 Å². The number of fused-ring (bicyclic) bond motifs is 9. The van der Waals surface area contributed by atoms with E-state index in [0.717, 1.165) is 44.2 Å². The zero-order valence-electron chi connectivity index (χ0n) is 29.1. The fourth-order valence-electron chi connectivity index (χ4n) is 8.27. The van der Waals surface area contributed by atoms with Gasteiger partial charge in [0.15, 0.2) is 17.5 Å². The molecule has 0 saturated carbocycles. The molecule has 0 saturated heterocycles. The van der Waals surface area contributed by atoms with Gasteiger partial charge in [-0.3, -0.25) is 0 Å². The van der Waals surface area contributed by atoms with E-state index in [1.54, 1.807) is 0 Å². The smallest absolute Gasteiger partial charge is 0.164 e. The molecule has 11 rings (SSSR count). The van der Waals surface area contributed by atoms with Gasteiger partial charge in [0.1, 0.15) is 11.2 Å². The number of aromatic nitrogens is 3. The van der Waals surface area contributed by atoms with Gasteiger partial charge in [0, 0.05) is 53.1 Å².